The van der Waals surface area contributed by atoms with Gasteiger partial charge in [-0.25, -0.2) is 0 Å². The minimum Gasteiger partial charge on any atom is -0.347 e. The smallest absolute Gasteiger partial charge is 0.243 e. The number of nitrogens with one attached hydrogen (secondary N) is 3. The molecule has 0 aliphatic rings. The van der Waals surface area contributed by atoms with Crippen LogP contribution in [0.5, 0.6) is 0 Å². The molecule has 31 heavy (non-hydrogen) atoms. The molecular formula is C23H39N3O4S. The normalized spacial score (nSPS) is 13.7. The van der Waals surface area contributed by atoms with Crippen LogP contribution in [-0.4, -0.2) is 54.1 Å². The third-order valence-electron chi connectivity index (χ3n) is 4.92. The van der Waals surface area contributed by atoms with Gasteiger partial charge < -0.3 is 16.0 Å². The van der Waals surface area contributed by atoms with Gasteiger partial charge in [0.05, 0.1) is 6.04 Å². The Hall–Kier alpha value is -2.35. The molecule has 0 saturated carbocycles. The SMILES string of the molecule is CCC[C@@H](NC(=O)[C@@H](CCSC)NC=O)C(=O)N[C@H](Cc1ccccc1)C(=O)C(C)C.[HH].[HH]. The Morgan fingerprint density at radius 3 is 2.16 bits per heavy atom. The predicted molar refractivity (Wildman–Crippen MR) is 129 cm³/mol. The van der Waals surface area contributed by atoms with Crippen molar-refractivity contribution in [2.45, 2.75) is 64.6 Å². The van der Waals surface area contributed by atoms with E-state index in [-0.39, 0.29) is 20.5 Å². The van der Waals surface area contributed by atoms with Gasteiger partial charge in [0.2, 0.25) is 18.2 Å². The zero-order chi connectivity index (χ0) is 23.2. The summed E-state index contributed by atoms with van der Waals surface area (Å²) in [6, 6.07) is 7.36. The van der Waals surface area contributed by atoms with Gasteiger partial charge in [0.25, 0.3) is 0 Å². The molecule has 0 heterocycles. The fourth-order valence-electron chi connectivity index (χ4n) is 3.18. The molecule has 0 aromatic heterocycles. The quantitative estimate of drug-likeness (QED) is 0.354. The Labute approximate surface area is 192 Å². The van der Waals surface area contributed by atoms with Gasteiger partial charge in [-0.05, 0) is 36.8 Å². The van der Waals surface area contributed by atoms with Gasteiger partial charge in [0, 0.05) is 8.77 Å². The van der Waals surface area contributed by atoms with Crippen molar-refractivity contribution in [3.05, 3.63) is 35.9 Å². The number of carbonyl (C=O) groups is 4. The topological polar surface area (TPSA) is 104 Å². The van der Waals surface area contributed by atoms with Crippen molar-refractivity contribution in [3.8, 4) is 0 Å². The zero-order valence-electron chi connectivity index (χ0n) is 18.9. The predicted octanol–water partition coefficient (Wildman–Crippen LogP) is 2.58. The summed E-state index contributed by atoms with van der Waals surface area (Å²) in [5.41, 5.74) is 0.949. The number of thioether (sulfide) groups is 1. The molecule has 0 saturated heterocycles. The lowest BCUT2D eigenvalue weighted by Crippen LogP contribution is -2.55. The summed E-state index contributed by atoms with van der Waals surface area (Å²) in [4.78, 5) is 49.3. The number of hydrogen-bond acceptors (Lipinski definition) is 5. The highest BCUT2D eigenvalue weighted by Gasteiger charge is 2.29. The maximum atomic E-state index is 13.0. The van der Waals surface area contributed by atoms with Crippen LogP contribution >= 0.6 is 11.8 Å². The molecule has 1 aromatic carbocycles. The summed E-state index contributed by atoms with van der Waals surface area (Å²) < 4.78 is 0. The molecule has 0 aliphatic heterocycles. The van der Waals surface area contributed by atoms with Gasteiger partial charge in [-0.15, -0.1) is 0 Å². The lowest BCUT2D eigenvalue weighted by molar-refractivity contribution is -0.133. The van der Waals surface area contributed by atoms with Crippen LogP contribution in [0.15, 0.2) is 30.3 Å². The standard InChI is InChI=1S/C23H35N3O4S.2H2/c1-5-9-19(25-22(29)18(24-15-27)12-13-31-4)23(30)26-20(21(28)16(2)3)14-17-10-7-6-8-11-17;;/h6-8,10-11,15-16,18-20H,5,9,12-14H2,1-4H3,(H,24,27)(H,25,29)(H,26,30);2*1H/t18-,19-,20-;;/m1../s1. The van der Waals surface area contributed by atoms with Crippen LogP contribution in [0.3, 0.4) is 0 Å². The van der Waals surface area contributed by atoms with Gasteiger partial charge >= 0.3 is 0 Å². The van der Waals surface area contributed by atoms with Crippen LogP contribution in [0.25, 0.3) is 0 Å². The van der Waals surface area contributed by atoms with E-state index >= 15 is 0 Å². The van der Waals surface area contributed by atoms with E-state index in [9.17, 15) is 19.2 Å². The van der Waals surface area contributed by atoms with Gasteiger partial charge in [-0.3, -0.25) is 19.2 Å². The average molecular weight is 454 g/mol. The molecular weight excluding hydrogens is 414 g/mol. The molecule has 1 aromatic rings. The van der Waals surface area contributed by atoms with E-state index in [1.165, 1.54) is 0 Å². The summed E-state index contributed by atoms with van der Waals surface area (Å²) in [5.74, 6) is -0.379. The number of benzene rings is 1. The molecule has 3 atom stereocenters. The first kappa shape index (κ1) is 26.7. The van der Waals surface area contributed by atoms with Crippen molar-refractivity contribution in [2.24, 2.45) is 5.92 Å². The van der Waals surface area contributed by atoms with Gasteiger partial charge in [0.15, 0.2) is 5.78 Å². The van der Waals surface area contributed by atoms with Crippen LogP contribution in [0.1, 0.15) is 48.5 Å². The maximum absolute atomic E-state index is 13.0. The molecule has 0 unspecified atom stereocenters. The molecule has 8 heteroatoms. The minimum atomic E-state index is -0.777. The highest BCUT2D eigenvalue weighted by Crippen LogP contribution is 2.10. The van der Waals surface area contributed by atoms with E-state index in [4.69, 9.17) is 0 Å². The number of rotatable bonds is 15. The van der Waals surface area contributed by atoms with Crippen LogP contribution in [-0.2, 0) is 25.6 Å². The maximum Gasteiger partial charge on any atom is 0.243 e. The summed E-state index contributed by atoms with van der Waals surface area (Å²) >= 11 is 1.57. The summed E-state index contributed by atoms with van der Waals surface area (Å²) in [5, 5.41) is 8.13. The summed E-state index contributed by atoms with van der Waals surface area (Å²) in [7, 11) is 0. The Morgan fingerprint density at radius 1 is 1.00 bits per heavy atom. The van der Waals surface area contributed by atoms with Gasteiger partial charge in [0.1, 0.15) is 12.1 Å². The lowest BCUT2D eigenvalue weighted by atomic mass is 9.95. The number of hydrogen-bond donors (Lipinski definition) is 3. The van der Waals surface area contributed by atoms with Crippen molar-refractivity contribution in [2.75, 3.05) is 12.0 Å². The van der Waals surface area contributed by atoms with E-state index in [1.54, 1.807) is 25.6 Å². The first-order chi connectivity index (χ1) is 14.8. The number of amides is 3. The third-order valence-corrected chi connectivity index (χ3v) is 5.56. The van der Waals surface area contributed by atoms with E-state index in [0.29, 0.717) is 37.8 Å². The number of Topliss-reactive ketones (excluding diaryl/α,β-unsaturated/α-hetero) is 1. The highest BCUT2D eigenvalue weighted by molar-refractivity contribution is 7.98. The summed E-state index contributed by atoms with van der Waals surface area (Å²) in [6.45, 7) is 5.53. The molecule has 0 spiro atoms. The summed E-state index contributed by atoms with van der Waals surface area (Å²) in [6.07, 6.45) is 4.38. The first-order valence-corrected chi connectivity index (χ1v) is 12.1. The number of carbonyl (C=O) groups excluding carboxylic acids is 4. The van der Waals surface area contributed by atoms with Crippen LogP contribution in [0.2, 0.25) is 0 Å². The van der Waals surface area contributed by atoms with Crippen LogP contribution in [0, 0.1) is 5.92 Å². The Bertz CT molecular complexity index is 723. The van der Waals surface area contributed by atoms with Crippen molar-refractivity contribution < 1.29 is 22.0 Å². The Morgan fingerprint density at radius 2 is 1.61 bits per heavy atom. The van der Waals surface area contributed by atoms with Crippen LogP contribution < -0.4 is 16.0 Å². The van der Waals surface area contributed by atoms with E-state index < -0.39 is 24.0 Å². The van der Waals surface area contributed by atoms with Gasteiger partial charge in [-0.2, -0.15) is 11.8 Å². The lowest BCUT2D eigenvalue weighted by Gasteiger charge is -2.25. The molecule has 1 rings (SSSR count). The Kier molecular flexibility index (Phi) is 12.6. The highest BCUT2D eigenvalue weighted by atomic mass is 32.2. The van der Waals surface area contributed by atoms with Crippen LogP contribution in [0.4, 0.5) is 0 Å². The fraction of sp³-hybridized carbons (Fsp3) is 0.565. The fourth-order valence-corrected chi connectivity index (χ4v) is 3.66. The monoisotopic (exact) mass is 453 g/mol. The Balaban J connectivity index is 0. The van der Waals surface area contributed by atoms with E-state index in [1.807, 2.05) is 43.5 Å². The van der Waals surface area contributed by atoms with E-state index in [0.717, 1.165) is 5.56 Å². The molecule has 0 bridgehead atoms. The molecule has 3 N–H and O–H groups in total. The molecule has 176 valence electrons. The van der Waals surface area contributed by atoms with Crippen molar-refractivity contribution in [1.82, 2.24) is 16.0 Å². The largest absolute Gasteiger partial charge is 0.347 e. The second-order valence-electron chi connectivity index (χ2n) is 7.78. The second-order valence-corrected chi connectivity index (χ2v) is 8.76. The molecule has 7 nitrogen and oxygen atoms in total. The minimum absolute atomic E-state index is 0. The molecule has 0 radical (unpaired) electrons. The first-order valence-electron chi connectivity index (χ1n) is 10.7. The zero-order valence-corrected chi connectivity index (χ0v) is 19.7. The van der Waals surface area contributed by atoms with Gasteiger partial charge in [-0.1, -0.05) is 57.5 Å². The second kappa shape index (κ2) is 14.6. The van der Waals surface area contributed by atoms with Crippen molar-refractivity contribution >= 4 is 35.8 Å². The molecule has 0 aliphatic carbocycles. The van der Waals surface area contributed by atoms with Crippen molar-refractivity contribution in [3.63, 3.8) is 0 Å². The van der Waals surface area contributed by atoms with E-state index in [2.05, 4.69) is 16.0 Å². The molecule has 0 fully saturated rings. The third kappa shape index (κ3) is 9.55. The molecule has 3 amide bonds. The average Bonchev–Trinajstić information content (AvgIpc) is 2.75. The van der Waals surface area contributed by atoms with Crippen molar-refractivity contribution in [1.29, 1.82) is 0 Å². The number of ketones is 1.